The molecular weight excluding hydrogens is 242 g/mol. The lowest BCUT2D eigenvalue weighted by Crippen LogP contribution is -2.37. The van der Waals surface area contributed by atoms with Gasteiger partial charge in [0.1, 0.15) is 6.04 Å². The highest BCUT2D eigenvalue weighted by molar-refractivity contribution is 6.29. The van der Waals surface area contributed by atoms with E-state index in [2.05, 4.69) is 10.2 Å². The number of nitrogens with zero attached hydrogens (tertiary/aromatic N) is 3. The molecule has 0 bridgehead atoms. The van der Waals surface area contributed by atoms with Crippen LogP contribution in [0.25, 0.3) is 0 Å². The van der Waals surface area contributed by atoms with E-state index in [1.807, 2.05) is 4.90 Å². The van der Waals surface area contributed by atoms with Gasteiger partial charge in [-0.05, 0) is 31.9 Å². The molecule has 1 aliphatic heterocycles. The molecule has 0 amide bonds. The van der Waals surface area contributed by atoms with Gasteiger partial charge in [0.2, 0.25) is 0 Å². The summed E-state index contributed by atoms with van der Waals surface area (Å²) >= 11 is 5.68. The molecule has 1 unspecified atom stereocenters. The average molecular weight is 256 g/mol. The number of halogens is 1. The molecule has 5 nitrogen and oxygen atoms in total. The second-order valence-electron chi connectivity index (χ2n) is 3.82. The minimum atomic E-state index is -0.245. The van der Waals surface area contributed by atoms with E-state index in [0.717, 1.165) is 19.4 Å². The maximum absolute atomic E-state index is 11.8. The summed E-state index contributed by atoms with van der Waals surface area (Å²) in [4.78, 5) is 13.7. The summed E-state index contributed by atoms with van der Waals surface area (Å²) in [5, 5.41) is 8.12. The van der Waals surface area contributed by atoms with E-state index in [1.165, 1.54) is 0 Å². The summed E-state index contributed by atoms with van der Waals surface area (Å²) in [5.41, 5.74) is 0. The van der Waals surface area contributed by atoms with Crippen LogP contribution in [0.4, 0.5) is 5.82 Å². The molecule has 1 aromatic heterocycles. The zero-order valence-electron chi connectivity index (χ0n) is 9.60. The molecule has 0 aromatic carbocycles. The zero-order valence-corrected chi connectivity index (χ0v) is 10.4. The molecular formula is C11H14ClN3O2. The summed E-state index contributed by atoms with van der Waals surface area (Å²) in [5.74, 6) is 0.478. The summed E-state index contributed by atoms with van der Waals surface area (Å²) in [6.07, 6.45) is 1.75. The highest BCUT2D eigenvalue weighted by Gasteiger charge is 2.32. The van der Waals surface area contributed by atoms with Crippen molar-refractivity contribution in [3.63, 3.8) is 0 Å². The van der Waals surface area contributed by atoms with Crippen molar-refractivity contribution in [2.75, 3.05) is 18.1 Å². The number of esters is 1. The number of anilines is 1. The molecule has 1 aromatic rings. The molecule has 92 valence electrons. The van der Waals surface area contributed by atoms with Gasteiger partial charge in [0.25, 0.3) is 0 Å². The fraction of sp³-hybridized carbons (Fsp3) is 0.545. The molecule has 17 heavy (non-hydrogen) atoms. The minimum Gasteiger partial charge on any atom is -0.464 e. The Hall–Kier alpha value is -1.36. The van der Waals surface area contributed by atoms with Gasteiger partial charge in [-0.15, -0.1) is 10.2 Å². The lowest BCUT2D eigenvalue weighted by Gasteiger charge is -2.23. The third-order valence-electron chi connectivity index (χ3n) is 2.72. The van der Waals surface area contributed by atoms with Crippen molar-refractivity contribution in [1.29, 1.82) is 0 Å². The molecule has 1 aliphatic rings. The molecule has 0 aliphatic carbocycles. The van der Waals surface area contributed by atoms with Gasteiger partial charge in [0, 0.05) is 6.54 Å². The van der Waals surface area contributed by atoms with Gasteiger partial charge in [-0.25, -0.2) is 4.79 Å². The highest BCUT2D eigenvalue weighted by atomic mass is 35.5. The van der Waals surface area contributed by atoms with Crippen LogP contribution in [0.3, 0.4) is 0 Å². The van der Waals surface area contributed by atoms with Crippen molar-refractivity contribution in [3.05, 3.63) is 17.3 Å². The van der Waals surface area contributed by atoms with Crippen molar-refractivity contribution in [2.24, 2.45) is 0 Å². The molecule has 1 atom stereocenters. The highest BCUT2D eigenvalue weighted by Crippen LogP contribution is 2.24. The first-order valence-electron chi connectivity index (χ1n) is 5.65. The van der Waals surface area contributed by atoms with E-state index in [-0.39, 0.29) is 12.0 Å². The third-order valence-corrected chi connectivity index (χ3v) is 2.93. The largest absolute Gasteiger partial charge is 0.464 e. The summed E-state index contributed by atoms with van der Waals surface area (Å²) in [6, 6.07) is 3.20. The van der Waals surface area contributed by atoms with Crippen LogP contribution in [-0.2, 0) is 9.53 Å². The second kappa shape index (κ2) is 5.31. The molecule has 1 fully saturated rings. The maximum Gasteiger partial charge on any atom is 0.328 e. The summed E-state index contributed by atoms with van der Waals surface area (Å²) in [6.45, 7) is 2.99. The Morgan fingerprint density at radius 3 is 3.06 bits per heavy atom. The topological polar surface area (TPSA) is 55.3 Å². The van der Waals surface area contributed by atoms with Gasteiger partial charge in [0.15, 0.2) is 11.0 Å². The van der Waals surface area contributed by atoms with Gasteiger partial charge in [-0.2, -0.15) is 0 Å². The van der Waals surface area contributed by atoms with E-state index < -0.39 is 0 Å². The number of carbonyl (C=O) groups is 1. The van der Waals surface area contributed by atoms with Gasteiger partial charge >= 0.3 is 5.97 Å². The first-order chi connectivity index (χ1) is 8.22. The molecule has 0 N–H and O–H groups in total. The Morgan fingerprint density at radius 2 is 2.41 bits per heavy atom. The van der Waals surface area contributed by atoms with Crippen LogP contribution < -0.4 is 4.90 Å². The van der Waals surface area contributed by atoms with Gasteiger partial charge in [-0.1, -0.05) is 11.6 Å². The predicted molar refractivity (Wildman–Crippen MR) is 64.0 cm³/mol. The average Bonchev–Trinajstić information content (AvgIpc) is 2.79. The van der Waals surface area contributed by atoms with E-state index in [0.29, 0.717) is 17.6 Å². The van der Waals surface area contributed by atoms with E-state index in [9.17, 15) is 4.79 Å². The van der Waals surface area contributed by atoms with Crippen molar-refractivity contribution in [3.8, 4) is 0 Å². The van der Waals surface area contributed by atoms with Gasteiger partial charge in [-0.3, -0.25) is 0 Å². The molecule has 0 radical (unpaired) electrons. The predicted octanol–water partition coefficient (Wildman–Crippen LogP) is 1.66. The lowest BCUT2D eigenvalue weighted by molar-refractivity contribution is -0.144. The number of hydrogen-bond donors (Lipinski definition) is 0. The number of carbonyl (C=O) groups excluding carboxylic acids is 1. The number of ether oxygens (including phenoxy) is 1. The van der Waals surface area contributed by atoms with Gasteiger partial charge < -0.3 is 9.64 Å². The van der Waals surface area contributed by atoms with Crippen LogP contribution >= 0.6 is 11.6 Å². The monoisotopic (exact) mass is 255 g/mol. The van der Waals surface area contributed by atoms with E-state index in [1.54, 1.807) is 19.1 Å². The summed E-state index contributed by atoms with van der Waals surface area (Å²) < 4.78 is 5.05. The molecule has 0 spiro atoms. The maximum atomic E-state index is 11.8. The van der Waals surface area contributed by atoms with Crippen molar-refractivity contribution >= 4 is 23.4 Å². The Labute approximate surface area is 105 Å². The van der Waals surface area contributed by atoms with Crippen LogP contribution in [0.1, 0.15) is 19.8 Å². The number of rotatable bonds is 3. The van der Waals surface area contributed by atoms with Crippen LogP contribution in [0.5, 0.6) is 0 Å². The quantitative estimate of drug-likeness (QED) is 0.769. The molecule has 6 heteroatoms. The van der Waals surface area contributed by atoms with Crippen molar-refractivity contribution in [1.82, 2.24) is 10.2 Å². The lowest BCUT2D eigenvalue weighted by atomic mass is 10.2. The third kappa shape index (κ3) is 2.66. The molecule has 1 saturated heterocycles. The second-order valence-corrected chi connectivity index (χ2v) is 4.20. The molecule has 2 heterocycles. The fourth-order valence-electron chi connectivity index (χ4n) is 1.99. The van der Waals surface area contributed by atoms with E-state index in [4.69, 9.17) is 16.3 Å². The first kappa shape index (κ1) is 12.1. The first-order valence-corrected chi connectivity index (χ1v) is 6.02. The molecule has 0 saturated carbocycles. The van der Waals surface area contributed by atoms with Crippen LogP contribution in [0.2, 0.25) is 5.15 Å². The van der Waals surface area contributed by atoms with E-state index >= 15 is 0 Å². The van der Waals surface area contributed by atoms with Crippen molar-refractivity contribution in [2.45, 2.75) is 25.8 Å². The normalized spacial score (nSPS) is 19.4. The Balaban J connectivity index is 2.14. The zero-order chi connectivity index (χ0) is 12.3. The Morgan fingerprint density at radius 1 is 1.59 bits per heavy atom. The van der Waals surface area contributed by atoms with Crippen LogP contribution in [0, 0.1) is 0 Å². The fourth-order valence-corrected chi connectivity index (χ4v) is 2.09. The van der Waals surface area contributed by atoms with Crippen LogP contribution in [0.15, 0.2) is 12.1 Å². The Kier molecular flexibility index (Phi) is 3.78. The standard InChI is InChI=1S/C11H14ClN3O2/c1-2-17-11(16)8-4-3-7-15(8)10-6-5-9(12)13-14-10/h5-6,8H,2-4,7H2,1H3. The Bertz CT molecular complexity index is 396. The van der Waals surface area contributed by atoms with Crippen LogP contribution in [-0.4, -0.2) is 35.4 Å². The number of hydrogen-bond acceptors (Lipinski definition) is 5. The smallest absolute Gasteiger partial charge is 0.328 e. The molecule has 2 rings (SSSR count). The SMILES string of the molecule is CCOC(=O)C1CCCN1c1ccc(Cl)nn1. The van der Waals surface area contributed by atoms with Crippen molar-refractivity contribution < 1.29 is 9.53 Å². The number of aromatic nitrogens is 2. The van der Waals surface area contributed by atoms with Gasteiger partial charge in [0.05, 0.1) is 6.61 Å². The minimum absolute atomic E-state index is 0.193. The summed E-state index contributed by atoms with van der Waals surface area (Å²) in [7, 11) is 0.